The third kappa shape index (κ3) is 2.63. The molecule has 3 rings (SSSR count). The molecule has 1 unspecified atom stereocenters. The SMILES string of the molecule is O=C(c1ccncc1O)N1CCC(C2CCCN2)CC1. The zero-order chi connectivity index (χ0) is 13.9. The van der Waals surface area contributed by atoms with E-state index in [1.54, 1.807) is 12.3 Å². The van der Waals surface area contributed by atoms with Crippen molar-refractivity contribution in [2.75, 3.05) is 19.6 Å². The van der Waals surface area contributed by atoms with Crippen LogP contribution in [0, 0.1) is 5.92 Å². The molecular weight excluding hydrogens is 254 g/mol. The summed E-state index contributed by atoms with van der Waals surface area (Å²) in [6.45, 7) is 2.70. The van der Waals surface area contributed by atoms with Crippen molar-refractivity contribution >= 4 is 5.91 Å². The minimum atomic E-state index is -0.0808. The van der Waals surface area contributed by atoms with Gasteiger partial charge in [0, 0.05) is 25.3 Å². The van der Waals surface area contributed by atoms with Crippen molar-refractivity contribution in [3.63, 3.8) is 0 Å². The fourth-order valence-electron chi connectivity index (χ4n) is 3.36. The summed E-state index contributed by atoms with van der Waals surface area (Å²) in [7, 11) is 0. The normalized spacial score (nSPS) is 24.0. The summed E-state index contributed by atoms with van der Waals surface area (Å²) in [4.78, 5) is 18.0. The van der Waals surface area contributed by atoms with Crippen LogP contribution in [0.25, 0.3) is 0 Å². The molecule has 2 saturated heterocycles. The van der Waals surface area contributed by atoms with Crippen molar-refractivity contribution in [2.45, 2.75) is 31.7 Å². The number of nitrogens with one attached hydrogen (secondary N) is 1. The zero-order valence-electron chi connectivity index (χ0n) is 11.6. The Morgan fingerprint density at radius 2 is 2.15 bits per heavy atom. The summed E-state index contributed by atoms with van der Waals surface area (Å²) in [5, 5.41) is 13.3. The number of piperidine rings is 1. The van der Waals surface area contributed by atoms with E-state index in [4.69, 9.17) is 0 Å². The van der Waals surface area contributed by atoms with Gasteiger partial charge in [-0.2, -0.15) is 0 Å². The second-order valence-electron chi connectivity index (χ2n) is 5.73. The third-order valence-electron chi connectivity index (χ3n) is 4.52. The van der Waals surface area contributed by atoms with E-state index >= 15 is 0 Å². The lowest BCUT2D eigenvalue weighted by Gasteiger charge is -2.35. The first-order chi connectivity index (χ1) is 9.75. The standard InChI is InChI=1S/C15H21N3O2/c19-14-10-16-7-3-12(14)15(20)18-8-4-11(5-9-18)13-2-1-6-17-13/h3,7,10-11,13,17,19H,1-2,4-6,8-9H2. The number of hydrogen-bond donors (Lipinski definition) is 2. The number of aromatic hydroxyl groups is 1. The Bertz CT molecular complexity index is 478. The maximum absolute atomic E-state index is 12.4. The van der Waals surface area contributed by atoms with E-state index in [1.807, 2.05) is 4.90 Å². The first-order valence-corrected chi connectivity index (χ1v) is 7.41. The van der Waals surface area contributed by atoms with E-state index < -0.39 is 0 Å². The van der Waals surface area contributed by atoms with Gasteiger partial charge in [0.2, 0.25) is 0 Å². The van der Waals surface area contributed by atoms with Crippen LogP contribution in [0.2, 0.25) is 0 Å². The molecular formula is C15H21N3O2. The predicted octanol–water partition coefficient (Wildman–Crippen LogP) is 1.39. The number of likely N-dealkylation sites (tertiary alicyclic amines) is 1. The van der Waals surface area contributed by atoms with Gasteiger partial charge in [-0.25, -0.2) is 0 Å². The van der Waals surface area contributed by atoms with Gasteiger partial charge in [0.1, 0.15) is 5.75 Å². The Hall–Kier alpha value is -1.62. The van der Waals surface area contributed by atoms with Crippen LogP contribution in [0.3, 0.4) is 0 Å². The highest BCUT2D eigenvalue weighted by Crippen LogP contribution is 2.27. The molecule has 2 aliphatic rings. The molecule has 108 valence electrons. The predicted molar refractivity (Wildman–Crippen MR) is 75.6 cm³/mol. The Kier molecular flexibility index (Phi) is 3.87. The fraction of sp³-hybridized carbons (Fsp3) is 0.600. The molecule has 1 atom stereocenters. The first-order valence-electron chi connectivity index (χ1n) is 7.41. The number of amides is 1. The van der Waals surface area contributed by atoms with Gasteiger partial charge in [0.25, 0.3) is 5.91 Å². The summed E-state index contributed by atoms with van der Waals surface area (Å²) in [5.74, 6) is 0.576. The van der Waals surface area contributed by atoms with E-state index in [9.17, 15) is 9.90 Å². The van der Waals surface area contributed by atoms with E-state index in [2.05, 4.69) is 10.3 Å². The average Bonchev–Trinajstić information content (AvgIpc) is 3.01. The Balaban J connectivity index is 1.60. The molecule has 0 aromatic carbocycles. The van der Waals surface area contributed by atoms with E-state index in [0.717, 1.165) is 32.5 Å². The van der Waals surface area contributed by atoms with Crippen LogP contribution in [0.5, 0.6) is 5.75 Å². The second kappa shape index (κ2) is 5.79. The number of rotatable bonds is 2. The van der Waals surface area contributed by atoms with Crippen LogP contribution in [0.4, 0.5) is 0 Å². The van der Waals surface area contributed by atoms with Crippen LogP contribution in [-0.4, -0.2) is 46.6 Å². The number of carbonyl (C=O) groups is 1. The molecule has 3 heterocycles. The Morgan fingerprint density at radius 3 is 2.80 bits per heavy atom. The van der Waals surface area contributed by atoms with E-state index in [-0.39, 0.29) is 11.7 Å². The van der Waals surface area contributed by atoms with Gasteiger partial charge in [-0.3, -0.25) is 9.78 Å². The van der Waals surface area contributed by atoms with Gasteiger partial charge in [-0.1, -0.05) is 0 Å². The fourth-order valence-corrected chi connectivity index (χ4v) is 3.36. The average molecular weight is 275 g/mol. The number of hydrogen-bond acceptors (Lipinski definition) is 4. The number of aromatic nitrogens is 1. The second-order valence-corrected chi connectivity index (χ2v) is 5.73. The summed E-state index contributed by atoms with van der Waals surface area (Å²) in [6, 6.07) is 2.23. The van der Waals surface area contributed by atoms with Gasteiger partial charge < -0.3 is 15.3 Å². The molecule has 1 amide bonds. The molecule has 5 nitrogen and oxygen atoms in total. The van der Waals surface area contributed by atoms with Crippen molar-refractivity contribution in [2.24, 2.45) is 5.92 Å². The van der Waals surface area contributed by atoms with Crippen molar-refractivity contribution in [3.05, 3.63) is 24.0 Å². The maximum Gasteiger partial charge on any atom is 0.257 e. The van der Waals surface area contributed by atoms with Crippen LogP contribution in [0.15, 0.2) is 18.5 Å². The molecule has 0 saturated carbocycles. The van der Waals surface area contributed by atoms with Crippen molar-refractivity contribution < 1.29 is 9.90 Å². The quantitative estimate of drug-likeness (QED) is 0.856. The molecule has 1 aromatic heterocycles. The topological polar surface area (TPSA) is 65.5 Å². The molecule has 2 aliphatic heterocycles. The number of pyridine rings is 1. The maximum atomic E-state index is 12.4. The van der Waals surface area contributed by atoms with Gasteiger partial charge in [0.15, 0.2) is 0 Å². The van der Waals surface area contributed by atoms with Crippen molar-refractivity contribution in [3.8, 4) is 5.75 Å². The molecule has 0 spiro atoms. The molecule has 2 N–H and O–H groups in total. The van der Waals surface area contributed by atoms with E-state index in [0.29, 0.717) is 17.5 Å². The summed E-state index contributed by atoms with van der Waals surface area (Å²) in [6.07, 6.45) is 7.51. The highest BCUT2D eigenvalue weighted by Gasteiger charge is 2.30. The molecule has 5 heteroatoms. The molecule has 0 radical (unpaired) electrons. The third-order valence-corrected chi connectivity index (χ3v) is 4.52. The lowest BCUT2D eigenvalue weighted by molar-refractivity contribution is 0.0671. The number of carbonyl (C=O) groups excluding carboxylic acids is 1. The minimum Gasteiger partial charge on any atom is -0.505 e. The lowest BCUT2D eigenvalue weighted by atomic mass is 9.88. The highest BCUT2D eigenvalue weighted by atomic mass is 16.3. The summed E-state index contributed by atoms with van der Waals surface area (Å²) in [5.41, 5.74) is 0.359. The van der Waals surface area contributed by atoms with E-state index in [1.165, 1.54) is 19.0 Å². The summed E-state index contributed by atoms with van der Waals surface area (Å²) < 4.78 is 0. The monoisotopic (exact) mass is 275 g/mol. The van der Waals surface area contributed by atoms with Gasteiger partial charge in [0.05, 0.1) is 11.8 Å². The molecule has 20 heavy (non-hydrogen) atoms. The van der Waals surface area contributed by atoms with Crippen molar-refractivity contribution in [1.82, 2.24) is 15.2 Å². The van der Waals surface area contributed by atoms with Crippen LogP contribution in [0.1, 0.15) is 36.0 Å². The Morgan fingerprint density at radius 1 is 1.35 bits per heavy atom. The van der Waals surface area contributed by atoms with Gasteiger partial charge in [-0.05, 0) is 44.2 Å². The number of nitrogens with zero attached hydrogens (tertiary/aromatic N) is 2. The van der Waals surface area contributed by atoms with Crippen LogP contribution in [-0.2, 0) is 0 Å². The molecule has 0 aliphatic carbocycles. The molecule has 2 fully saturated rings. The minimum absolute atomic E-state index is 0.0305. The van der Waals surface area contributed by atoms with Crippen LogP contribution >= 0.6 is 0 Å². The largest absolute Gasteiger partial charge is 0.505 e. The van der Waals surface area contributed by atoms with Crippen LogP contribution < -0.4 is 5.32 Å². The molecule has 0 bridgehead atoms. The Labute approximate surface area is 119 Å². The zero-order valence-corrected chi connectivity index (χ0v) is 11.6. The first kappa shape index (κ1) is 13.4. The lowest BCUT2D eigenvalue weighted by Crippen LogP contribution is -2.43. The summed E-state index contributed by atoms with van der Waals surface area (Å²) >= 11 is 0. The molecule has 1 aromatic rings. The van der Waals surface area contributed by atoms with Gasteiger partial charge in [-0.15, -0.1) is 0 Å². The van der Waals surface area contributed by atoms with Crippen molar-refractivity contribution in [1.29, 1.82) is 0 Å². The smallest absolute Gasteiger partial charge is 0.257 e. The highest BCUT2D eigenvalue weighted by molar-refractivity contribution is 5.96. The van der Waals surface area contributed by atoms with Gasteiger partial charge >= 0.3 is 0 Å².